The summed E-state index contributed by atoms with van der Waals surface area (Å²) in [6.07, 6.45) is 7.56. The fraction of sp³-hybridized carbons (Fsp3) is 0.562. The van der Waals surface area contributed by atoms with Crippen molar-refractivity contribution in [1.29, 1.82) is 0 Å². The van der Waals surface area contributed by atoms with Crippen LogP contribution in [-0.2, 0) is 17.8 Å². The normalized spacial score (nSPS) is 18.6. The van der Waals surface area contributed by atoms with Gasteiger partial charge in [0.1, 0.15) is 23.8 Å². The van der Waals surface area contributed by atoms with Gasteiger partial charge in [0.05, 0.1) is 6.04 Å². The van der Waals surface area contributed by atoms with E-state index in [1.807, 2.05) is 35.6 Å². The zero-order valence-electron chi connectivity index (χ0n) is 13.2. The van der Waals surface area contributed by atoms with E-state index in [-0.39, 0.29) is 11.9 Å². The van der Waals surface area contributed by atoms with Gasteiger partial charge in [0.15, 0.2) is 0 Å². The highest BCUT2D eigenvalue weighted by atomic mass is 16.5. The smallest absolute Gasteiger partial charge is 0.243 e. The van der Waals surface area contributed by atoms with Crippen molar-refractivity contribution < 1.29 is 9.32 Å². The van der Waals surface area contributed by atoms with Gasteiger partial charge in [0.25, 0.3) is 0 Å². The molecule has 2 aromatic heterocycles. The highest BCUT2D eigenvalue weighted by molar-refractivity contribution is 5.76. The highest BCUT2D eigenvalue weighted by Crippen LogP contribution is 2.30. The van der Waals surface area contributed by atoms with Crippen molar-refractivity contribution in [2.75, 3.05) is 6.54 Å². The lowest BCUT2D eigenvalue weighted by Crippen LogP contribution is -2.40. The van der Waals surface area contributed by atoms with Crippen molar-refractivity contribution in [1.82, 2.24) is 19.6 Å². The van der Waals surface area contributed by atoms with Crippen LogP contribution in [0.5, 0.6) is 0 Å². The third-order valence-corrected chi connectivity index (χ3v) is 4.23. The molecule has 6 heteroatoms. The lowest BCUT2D eigenvalue weighted by Gasteiger charge is -2.34. The molecule has 1 aliphatic heterocycles. The van der Waals surface area contributed by atoms with E-state index in [4.69, 9.17) is 4.52 Å². The Morgan fingerprint density at radius 1 is 1.45 bits per heavy atom. The zero-order chi connectivity index (χ0) is 15.5. The van der Waals surface area contributed by atoms with Gasteiger partial charge in [-0.2, -0.15) is 0 Å². The third kappa shape index (κ3) is 2.91. The van der Waals surface area contributed by atoms with E-state index in [9.17, 15) is 4.79 Å². The summed E-state index contributed by atoms with van der Waals surface area (Å²) in [7, 11) is 0. The average molecular weight is 302 g/mol. The number of imidazole rings is 1. The number of rotatable bonds is 4. The van der Waals surface area contributed by atoms with Gasteiger partial charge in [0, 0.05) is 31.4 Å². The summed E-state index contributed by atoms with van der Waals surface area (Å²) in [5.41, 5.74) is 0.867. The number of piperidine rings is 1. The molecule has 1 saturated heterocycles. The van der Waals surface area contributed by atoms with Gasteiger partial charge >= 0.3 is 0 Å². The van der Waals surface area contributed by atoms with Gasteiger partial charge in [-0.3, -0.25) is 4.79 Å². The summed E-state index contributed by atoms with van der Waals surface area (Å²) in [6.45, 7) is 5.05. The molecule has 6 nitrogen and oxygen atoms in total. The Kier molecular flexibility index (Phi) is 4.27. The van der Waals surface area contributed by atoms with Gasteiger partial charge < -0.3 is 14.0 Å². The quantitative estimate of drug-likeness (QED) is 0.870. The molecule has 1 amide bonds. The minimum absolute atomic E-state index is 0.0345. The number of nitrogens with zero attached hydrogens (tertiary/aromatic N) is 4. The molecule has 0 saturated carbocycles. The number of aryl methyl sites for hydroxylation is 2. The van der Waals surface area contributed by atoms with Crippen LogP contribution in [0.3, 0.4) is 0 Å². The van der Waals surface area contributed by atoms with Gasteiger partial charge in [0.2, 0.25) is 5.91 Å². The van der Waals surface area contributed by atoms with Crippen molar-refractivity contribution in [2.45, 2.75) is 52.1 Å². The molecule has 0 radical (unpaired) electrons. The van der Waals surface area contributed by atoms with Gasteiger partial charge in [-0.05, 0) is 26.2 Å². The molecule has 1 fully saturated rings. The van der Waals surface area contributed by atoms with Crippen LogP contribution in [-0.4, -0.2) is 32.1 Å². The molecule has 0 spiro atoms. The lowest BCUT2D eigenvalue weighted by molar-refractivity contribution is -0.135. The van der Waals surface area contributed by atoms with E-state index in [0.717, 1.165) is 49.5 Å². The first-order valence-corrected chi connectivity index (χ1v) is 7.91. The maximum Gasteiger partial charge on any atom is 0.243 e. The predicted molar refractivity (Wildman–Crippen MR) is 81.2 cm³/mol. The molecular weight excluding hydrogens is 280 g/mol. The Labute approximate surface area is 130 Å². The number of carbonyl (C=O) groups is 1. The standard InChI is InChI=1S/C16H22N4O2/c1-3-15-17-7-9-19(15)11-16(21)20-8-5-4-6-14(20)13-10-12(2)22-18-13/h7,9-10,14H,3-6,8,11H2,1-2H3/t14-/m1/s1. The van der Waals surface area contributed by atoms with Gasteiger partial charge in [-0.15, -0.1) is 0 Å². The van der Waals surface area contributed by atoms with Crippen molar-refractivity contribution in [2.24, 2.45) is 0 Å². The highest BCUT2D eigenvalue weighted by Gasteiger charge is 2.30. The molecule has 0 bridgehead atoms. The topological polar surface area (TPSA) is 64.2 Å². The molecule has 22 heavy (non-hydrogen) atoms. The number of hydrogen-bond donors (Lipinski definition) is 0. The van der Waals surface area contributed by atoms with Crippen LogP contribution in [0.2, 0.25) is 0 Å². The predicted octanol–water partition coefficient (Wildman–Crippen LogP) is 2.50. The van der Waals surface area contributed by atoms with Gasteiger partial charge in [-0.1, -0.05) is 12.1 Å². The van der Waals surface area contributed by atoms with Crippen LogP contribution in [0.1, 0.15) is 49.5 Å². The minimum Gasteiger partial charge on any atom is -0.361 e. The number of carbonyl (C=O) groups excluding carboxylic acids is 1. The first kappa shape index (κ1) is 14.8. The van der Waals surface area contributed by atoms with Crippen LogP contribution in [0.4, 0.5) is 0 Å². The molecule has 0 N–H and O–H groups in total. The lowest BCUT2D eigenvalue weighted by atomic mass is 9.99. The van der Waals surface area contributed by atoms with Crippen LogP contribution >= 0.6 is 0 Å². The Morgan fingerprint density at radius 3 is 3.05 bits per heavy atom. The molecule has 2 aromatic rings. The summed E-state index contributed by atoms with van der Waals surface area (Å²) in [5.74, 6) is 1.85. The number of aromatic nitrogens is 3. The number of likely N-dealkylation sites (tertiary alicyclic amines) is 1. The third-order valence-electron chi connectivity index (χ3n) is 4.23. The molecule has 0 unspecified atom stereocenters. The van der Waals surface area contributed by atoms with Crippen LogP contribution in [0, 0.1) is 6.92 Å². The first-order chi connectivity index (χ1) is 10.7. The summed E-state index contributed by atoms with van der Waals surface area (Å²) in [5, 5.41) is 4.11. The van der Waals surface area contributed by atoms with E-state index in [1.165, 1.54) is 0 Å². The van der Waals surface area contributed by atoms with E-state index in [1.54, 1.807) is 6.20 Å². The second kappa shape index (κ2) is 6.34. The number of hydrogen-bond acceptors (Lipinski definition) is 4. The zero-order valence-corrected chi connectivity index (χ0v) is 13.2. The van der Waals surface area contributed by atoms with Crippen LogP contribution in [0.15, 0.2) is 23.0 Å². The molecule has 3 heterocycles. The molecule has 0 aliphatic carbocycles. The summed E-state index contributed by atoms with van der Waals surface area (Å²) >= 11 is 0. The maximum atomic E-state index is 12.7. The largest absolute Gasteiger partial charge is 0.361 e. The van der Waals surface area contributed by atoms with E-state index >= 15 is 0 Å². The summed E-state index contributed by atoms with van der Waals surface area (Å²) in [6, 6.07) is 1.97. The average Bonchev–Trinajstić information content (AvgIpc) is 3.16. The monoisotopic (exact) mass is 302 g/mol. The van der Waals surface area contributed by atoms with E-state index in [0.29, 0.717) is 6.54 Å². The molecule has 118 valence electrons. The first-order valence-electron chi connectivity index (χ1n) is 7.91. The Bertz CT molecular complexity index is 646. The SMILES string of the molecule is CCc1nccn1CC(=O)N1CCCC[C@@H]1c1cc(C)on1. The van der Waals surface area contributed by atoms with E-state index in [2.05, 4.69) is 10.1 Å². The molecule has 0 aromatic carbocycles. The second-order valence-corrected chi connectivity index (χ2v) is 5.79. The van der Waals surface area contributed by atoms with Crippen molar-refractivity contribution in [3.8, 4) is 0 Å². The van der Waals surface area contributed by atoms with Crippen molar-refractivity contribution >= 4 is 5.91 Å². The summed E-state index contributed by atoms with van der Waals surface area (Å²) in [4.78, 5) is 19.0. The van der Waals surface area contributed by atoms with Crippen LogP contribution < -0.4 is 0 Å². The fourth-order valence-electron chi connectivity index (χ4n) is 3.12. The fourth-order valence-corrected chi connectivity index (χ4v) is 3.12. The Balaban J connectivity index is 1.77. The van der Waals surface area contributed by atoms with E-state index < -0.39 is 0 Å². The molecule has 1 aliphatic rings. The van der Waals surface area contributed by atoms with Crippen LogP contribution in [0.25, 0.3) is 0 Å². The van der Waals surface area contributed by atoms with Gasteiger partial charge in [-0.25, -0.2) is 4.98 Å². The van der Waals surface area contributed by atoms with Crippen molar-refractivity contribution in [3.63, 3.8) is 0 Å². The minimum atomic E-state index is 0.0345. The maximum absolute atomic E-state index is 12.7. The molecule has 1 atom stereocenters. The Morgan fingerprint density at radius 2 is 2.32 bits per heavy atom. The second-order valence-electron chi connectivity index (χ2n) is 5.79. The molecule has 3 rings (SSSR count). The summed E-state index contributed by atoms with van der Waals surface area (Å²) < 4.78 is 7.12. The van der Waals surface area contributed by atoms with Crippen molar-refractivity contribution in [3.05, 3.63) is 35.7 Å². The number of amides is 1. The Hall–Kier alpha value is -2.11. The molecular formula is C16H22N4O2.